The predicted molar refractivity (Wildman–Crippen MR) is 120 cm³/mol. The molecular weight excluding hydrogens is 412 g/mol. The van der Waals surface area contributed by atoms with E-state index < -0.39 is 0 Å². The lowest BCUT2D eigenvalue weighted by atomic mass is 10.2. The van der Waals surface area contributed by atoms with Crippen LogP contribution in [-0.2, 0) is 11.2 Å². The van der Waals surface area contributed by atoms with Gasteiger partial charge in [-0.25, -0.2) is 0 Å². The second-order valence-electron chi connectivity index (χ2n) is 7.58. The molecule has 3 aromatic rings. The Morgan fingerprint density at radius 3 is 2.68 bits per heavy atom. The lowest BCUT2D eigenvalue weighted by Gasteiger charge is -2.34. The summed E-state index contributed by atoms with van der Waals surface area (Å²) in [5, 5.41) is 6.07. The second-order valence-corrected chi connectivity index (χ2v) is 8.53. The van der Waals surface area contributed by atoms with Crippen molar-refractivity contribution in [3.63, 3.8) is 0 Å². The van der Waals surface area contributed by atoms with E-state index in [2.05, 4.69) is 15.0 Å². The normalized spacial score (nSPS) is 14.6. The van der Waals surface area contributed by atoms with Crippen LogP contribution in [0.4, 0.5) is 0 Å². The van der Waals surface area contributed by atoms with Gasteiger partial charge in [-0.05, 0) is 43.0 Å². The maximum atomic E-state index is 12.4. The van der Waals surface area contributed by atoms with Gasteiger partial charge in [0.1, 0.15) is 5.75 Å². The highest BCUT2D eigenvalue weighted by Gasteiger charge is 2.20. The van der Waals surface area contributed by atoms with Crippen LogP contribution in [0, 0.1) is 0 Å². The summed E-state index contributed by atoms with van der Waals surface area (Å²) in [5.41, 5.74) is 0. The molecule has 1 saturated heterocycles. The van der Waals surface area contributed by atoms with Crippen molar-refractivity contribution in [3.05, 3.63) is 53.7 Å². The monoisotopic (exact) mass is 440 g/mol. The van der Waals surface area contributed by atoms with Crippen LogP contribution in [0.2, 0.25) is 0 Å². The fourth-order valence-electron chi connectivity index (χ4n) is 3.63. The third-order valence-corrected chi connectivity index (χ3v) is 6.21. The van der Waals surface area contributed by atoms with Crippen LogP contribution in [0.3, 0.4) is 0 Å². The van der Waals surface area contributed by atoms with E-state index in [0.29, 0.717) is 24.7 Å². The van der Waals surface area contributed by atoms with Gasteiger partial charge in [0.05, 0.1) is 11.5 Å². The van der Waals surface area contributed by atoms with E-state index in [1.165, 1.54) is 0 Å². The number of nitrogens with zero attached hydrogens (tertiary/aromatic N) is 4. The van der Waals surface area contributed by atoms with Gasteiger partial charge in [-0.1, -0.05) is 29.4 Å². The smallest absolute Gasteiger partial charge is 0.227 e. The molecule has 0 bridgehead atoms. The number of carbonyl (C=O) groups is 1. The van der Waals surface area contributed by atoms with E-state index in [-0.39, 0.29) is 5.91 Å². The van der Waals surface area contributed by atoms with Crippen molar-refractivity contribution in [3.8, 4) is 16.5 Å². The van der Waals surface area contributed by atoms with Crippen molar-refractivity contribution in [1.29, 1.82) is 0 Å². The molecule has 0 aliphatic carbocycles. The zero-order valence-corrected chi connectivity index (χ0v) is 18.4. The summed E-state index contributed by atoms with van der Waals surface area (Å²) >= 11 is 1.61. The molecule has 0 spiro atoms. The summed E-state index contributed by atoms with van der Waals surface area (Å²) in [5.74, 6) is 2.44. The summed E-state index contributed by atoms with van der Waals surface area (Å²) in [6.07, 6.45) is 3.03. The van der Waals surface area contributed by atoms with E-state index in [0.717, 1.165) is 62.6 Å². The number of rotatable bonds is 10. The minimum atomic E-state index is 0.225. The number of para-hydroxylation sites is 1. The van der Waals surface area contributed by atoms with Gasteiger partial charge in [-0.3, -0.25) is 9.69 Å². The van der Waals surface area contributed by atoms with Crippen LogP contribution in [0.1, 0.15) is 25.2 Å². The molecular formula is C23H28N4O3S. The van der Waals surface area contributed by atoms with Crippen LogP contribution in [0.5, 0.6) is 5.75 Å². The first-order valence-corrected chi connectivity index (χ1v) is 11.7. The Bertz CT molecular complexity index is 921. The van der Waals surface area contributed by atoms with Crippen LogP contribution in [-0.4, -0.2) is 65.2 Å². The summed E-state index contributed by atoms with van der Waals surface area (Å²) in [7, 11) is 0. The van der Waals surface area contributed by atoms with Crippen molar-refractivity contribution in [2.45, 2.75) is 25.7 Å². The Balaban J connectivity index is 1.09. The highest BCUT2D eigenvalue weighted by Crippen LogP contribution is 2.21. The fourth-order valence-corrected chi connectivity index (χ4v) is 4.27. The molecule has 7 nitrogen and oxygen atoms in total. The van der Waals surface area contributed by atoms with Gasteiger partial charge >= 0.3 is 0 Å². The number of carbonyl (C=O) groups excluding carboxylic acids is 1. The summed E-state index contributed by atoms with van der Waals surface area (Å²) in [6, 6.07) is 13.7. The highest BCUT2D eigenvalue weighted by molar-refractivity contribution is 7.13. The first-order valence-electron chi connectivity index (χ1n) is 10.8. The minimum Gasteiger partial charge on any atom is -0.494 e. The Morgan fingerprint density at radius 1 is 1.06 bits per heavy atom. The van der Waals surface area contributed by atoms with Crippen LogP contribution < -0.4 is 4.74 Å². The number of ether oxygens (including phenoxy) is 1. The lowest BCUT2D eigenvalue weighted by molar-refractivity contribution is -0.133. The SMILES string of the molecule is O=C(CCCOc1ccccc1)N1CCN(CCCc2nc(-c3cccs3)no2)CC1. The van der Waals surface area contributed by atoms with Crippen LogP contribution in [0.15, 0.2) is 52.4 Å². The summed E-state index contributed by atoms with van der Waals surface area (Å²) < 4.78 is 11.0. The maximum Gasteiger partial charge on any atom is 0.227 e. The average molecular weight is 441 g/mol. The molecule has 0 atom stereocenters. The van der Waals surface area contributed by atoms with Crippen molar-refractivity contribution in [2.24, 2.45) is 0 Å². The first kappa shape index (κ1) is 21.5. The lowest BCUT2D eigenvalue weighted by Crippen LogP contribution is -2.48. The van der Waals surface area contributed by atoms with Crippen molar-refractivity contribution in [1.82, 2.24) is 19.9 Å². The summed E-state index contributed by atoms with van der Waals surface area (Å²) in [6.45, 7) is 4.96. The fraction of sp³-hybridized carbons (Fsp3) is 0.435. The van der Waals surface area contributed by atoms with E-state index in [1.807, 2.05) is 52.7 Å². The molecule has 0 N–H and O–H groups in total. The quantitative estimate of drug-likeness (QED) is 0.447. The van der Waals surface area contributed by atoms with Gasteiger partial charge in [0.15, 0.2) is 0 Å². The van der Waals surface area contributed by atoms with Crippen molar-refractivity contribution < 1.29 is 14.1 Å². The van der Waals surface area contributed by atoms with E-state index in [1.54, 1.807) is 11.3 Å². The van der Waals surface area contributed by atoms with Crippen molar-refractivity contribution >= 4 is 17.2 Å². The minimum absolute atomic E-state index is 0.225. The molecule has 0 unspecified atom stereocenters. The van der Waals surface area contributed by atoms with Crippen molar-refractivity contribution in [2.75, 3.05) is 39.3 Å². The first-order chi connectivity index (χ1) is 15.3. The number of piperazine rings is 1. The molecule has 31 heavy (non-hydrogen) atoms. The number of hydrogen-bond donors (Lipinski definition) is 0. The van der Waals surface area contributed by atoms with Crippen LogP contribution >= 0.6 is 11.3 Å². The molecule has 1 aliphatic rings. The third-order valence-electron chi connectivity index (χ3n) is 5.35. The number of benzene rings is 1. The number of hydrogen-bond acceptors (Lipinski definition) is 7. The topological polar surface area (TPSA) is 71.7 Å². The molecule has 164 valence electrons. The molecule has 0 radical (unpaired) electrons. The largest absolute Gasteiger partial charge is 0.494 e. The van der Waals surface area contributed by atoms with Gasteiger partial charge < -0.3 is 14.2 Å². The maximum absolute atomic E-state index is 12.4. The predicted octanol–water partition coefficient (Wildman–Crippen LogP) is 3.73. The van der Waals surface area contributed by atoms with Crippen LogP contribution in [0.25, 0.3) is 10.7 Å². The summed E-state index contributed by atoms with van der Waals surface area (Å²) in [4.78, 5) is 22.3. The van der Waals surface area contributed by atoms with Gasteiger partial charge in [0.25, 0.3) is 0 Å². The molecule has 1 fully saturated rings. The number of amides is 1. The number of aromatic nitrogens is 2. The van der Waals surface area contributed by atoms with Gasteiger partial charge in [-0.15, -0.1) is 11.3 Å². The molecule has 4 rings (SSSR count). The molecule has 8 heteroatoms. The van der Waals surface area contributed by atoms with Gasteiger partial charge in [-0.2, -0.15) is 4.98 Å². The highest BCUT2D eigenvalue weighted by atomic mass is 32.1. The van der Waals surface area contributed by atoms with E-state index in [4.69, 9.17) is 9.26 Å². The molecule has 1 amide bonds. The van der Waals surface area contributed by atoms with Gasteiger partial charge in [0, 0.05) is 39.0 Å². The number of thiophene rings is 1. The standard InChI is InChI=1S/C23H28N4O3S/c28-22(11-5-17-29-19-7-2-1-3-8-19)27-15-13-26(14-16-27)12-4-10-21-24-23(25-30-21)20-9-6-18-31-20/h1-3,6-9,18H,4-5,10-17H2. The zero-order chi connectivity index (χ0) is 21.3. The Morgan fingerprint density at radius 2 is 1.90 bits per heavy atom. The number of aryl methyl sites for hydroxylation is 1. The molecule has 0 saturated carbocycles. The molecule has 3 heterocycles. The average Bonchev–Trinajstić information content (AvgIpc) is 3.50. The Kier molecular flexibility index (Phi) is 7.68. The Hall–Kier alpha value is -2.71. The third kappa shape index (κ3) is 6.38. The van der Waals surface area contributed by atoms with Gasteiger partial charge in [0.2, 0.25) is 17.6 Å². The molecule has 1 aliphatic heterocycles. The van der Waals surface area contributed by atoms with E-state index >= 15 is 0 Å². The Labute approximate surface area is 186 Å². The molecule has 2 aromatic heterocycles. The van der Waals surface area contributed by atoms with E-state index in [9.17, 15) is 4.79 Å². The zero-order valence-electron chi connectivity index (χ0n) is 17.6. The second kappa shape index (κ2) is 11.1. The molecule has 1 aromatic carbocycles.